The van der Waals surface area contributed by atoms with Gasteiger partial charge in [0.15, 0.2) is 10.4 Å². The monoisotopic (exact) mass is 372 g/mol. The lowest BCUT2D eigenvalue weighted by Crippen LogP contribution is -2.14. The van der Waals surface area contributed by atoms with Crippen molar-refractivity contribution in [2.45, 2.75) is 19.6 Å². The van der Waals surface area contributed by atoms with Crippen LogP contribution in [0, 0.1) is 0 Å². The van der Waals surface area contributed by atoms with Crippen molar-refractivity contribution in [1.29, 1.82) is 0 Å². The molecule has 7 heteroatoms. The number of hydrogen-bond donors (Lipinski definition) is 1. The van der Waals surface area contributed by atoms with Crippen LogP contribution in [-0.2, 0) is 11.3 Å². The van der Waals surface area contributed by atoms with Gasteiger partial charge >= 0.3 is 5.97 Å². The summed E-state index contributed by atoms with van der Waals surface area (Å²) in [6, 6.07) is 6.72. The fourth-order valence-corrected chi connectivity index (χ4v) is 2.78. The van der Waals surface area contributed by atoms with Gasteiger partial charge in [-0.15, -0.1) is 0 Å². The van der Waals surface area contributed by atoms with E-state index in [1.54, 1.807) is 28.8 Å². The Hall–Kier alpha value is -1.37. The Kier molecular flexibility index (Phi) is 5.03. The Balaban J connectivity index is 2.52. The smallest absolute Gasteiger partial charge is 0.356 e. The second-order valence-corrected chi connectivity index (χ2v) is 5.45. The van der Waals surface area contributed by atoms with E-state index in [0.717, 1.165) is 0 Å². The molecule has 1 N–H and O–H groups in total. The molecule has 0 radical (unpaired) electrons. The van der Waals surface area contributed by atoms with Crippen molar-refractivity contribution in [2.24, 2.45) is 0 Å². The molecule has 0 amide bonds. The van der Waals surface area contributed by atoms with Crippen molar-refractivity contribution in [3.05, 3.63) is 51.0 Å². The van der Waals surface area contributed by atoms with Gasteiger partial charge in [-0.25, -0.2) is 9.78 Å². The first-order valence-electron chi connectivity index (χ1n) is 6.27. The fraction of sp³-hybridized carbons (Fsp3) is 0.286. The highest BCUT2D eigenvalue weighted by molar-refractivity contribution is 9.10. The summed E-state index contributed by atoms with van der Waals surface area (Å²) in [4.78, 5) is 16.2. The summed E-state index contributed by atoms with van der Waals surface area (Å²) < 4.78 is 6.89. The topological polar surface area (TPSA) is 64.3 Å². The highest BCUT2D eigenvalue weighted by atomic mass is 79.9. The summed E-state index contributed by atoms with van der Waals surface area (Å²) in [6.07, 6.45) is -1.04. The number of aromatic nitrogens is 2. The quantitative estimate of drug-likeness (QED) is 0.836. The van der Waals surface area contributed by atoms with Gasteiger partial charge in [0, 0.05) is 11.6 Å². The zero-order chi connectivity index (χ0) is 15.6. The Labute approximate surface area is 135 Å². The van der Waals surface area contributed by atoms with E-state index in [9.17, 15) is 9.90 Å². The number of halogens is 2. The number of ether oxygens (including phenoxy) is 1. The average Bonchev–Trinajstić information content (AvgIpc) is 2.83. The maximum Gasteiger partial charge on any atom is 0.356 e. The first-order valence-corrected chi connectivity index (χ1v) is 7.44. The number of esters is 1. The molecule has 2 aromatic rings. The van der Waals surface area contributed by atoms with Crippen LogP contribution in [0.1, 0.15) is 34.8 Å². The minimum atomic E-state index is -1.04. The van der Waals surface area contributed by atoms with Gasteiger partial charge in [-0.05, 0) is 40.5 Å². The standard InChI is InChI=1S/C14H14BrClN2O3/c1-3-18-11(13(20)21-2)10(17-14(18)15)12(19)8-4-6-9(16)7-5-8/h4-7,12,19H,3H2,1-2H3. The van der Waals surface area contributed by atoms with Gasteiger partial charge in [-0.1, -0.05) is 23.7 Å². The number of carbonyl (C=O) groups is 1. The zero-order valence-corrected chi connectivity index (χ0v) is 13.8. The molecule has 0 saturated carbocycles. The third-order valence-electron chi connectivity index (χ3n) is 3.09. The number of benzene rings is 1. The largest absolute Gasteiger partial charge is 0.464 e. The van der Waals surface area contributed by atoms with E-state index < -0.39 is 12.1 Å². The number of methoxy groups -OCH3 is 1. The molecule has 0 spiro atoms. The number of hydrogen-bond acceptors (Lipinski definition) is 4. The molecule has 1 atom stereocenters. The molecule has 1 heterocycles. The van der Waals surface area contributed by atoms with Gasteiger partial charge in [0.05, 0.1) is 7.11 Å². The SMILES string of the molecule is CCn1c(Br)nc(C(O)c2ccc(Cl)cc2)c1C(=O)OC. The molecule has 5 nitrogen and oxygen atoms in total. The van der Waals surface area contributed by atoms with Crippen molar-refractivity contribution >= 4 is 33.5 Å². The number of aliphatic hydroxyl groups is 1. The number of aliphatic hydroxyl groups excluding tert-OH is 1. The number of rotatable bonds is 4. The summed E-state index contributed by atoms with van der Waals surface area (Å²) in [5, 5.41) is 11.1. The van der Waals surface area contributed by atoms with Crippen LogP contribution in [0.3, 0.4) is 0 Å². The lowest BCUT2D eigenvalue weighted by molar-refractivity contribution is 0.0582. The third-order valence-corrected chi connectivity index (χ3v) is 3.95. The first kappa shape index (κ1) is 16.0. The highest BCUT2D eigenvalue weighted by Gasteiger charge is 2.27. The molecule has 0 aliphatic heterocycles. The summed E-state index contributed by atoms with van der Waals surface area (Å²) in [6.45, 7) is 2.39. The number of nitrogens with zero attached hydrogens (tertiary/aromatic N) is 2. The van der Waals surface area contributed by atoms with Crippen LogP contribution in [-0.4, -0.2) is 27.7 Å². The van der Waals surface area contributed by atoms with Gasteiger partial charge in [0.1, 0.15) is 11.8 Å². The Morgan fingerprint density at radius 3 is 2.62 bits per heavy atom. The molecule has 1 aromatic heterocycles. The Morgan fingerprint density at radius 1 is 1.48 bits per heavy atom. The Morgan fingerprint density at radius 2 is 2.10 bits per heavy atom. The summed E-state index contributed by atoms with van der Waals surface area (Å²) in [5.74, 6) is -0.543. The second kappa shape index (κ2) is 6.60. The maximum absolute atomic E-state index is 12.0. The van der Waals surface area contributed by atoms with Crippen molar-refractivity contribution in [1.82, 2.24) is 9.55 Å². The van der Waals surface area contributed by atoms with Crippen molar-refractivity contribution in [3.8, 4) is 0 Å². The molecular formula is C14H14BrClN2O3. The molecule has 112 valence electrons. The molecule has 1 unspecified atom stereocenters. The summed E-state index contributed by atoms with van der Waals surface area (Å²) in [7, 11) is 1.29. The molecule has 2 rings (SSSR count). The van der Waals surface area contributed by atoms with E-state index in [1.807, 2.05) is 6.92 Å². The number of imidazole rings is 1. The zero-order valence-electron chi connectivity index (χ0n) is 11.5. The molecule has 0 aliphatic carbocycles. The van der Waals surface area contributed by atoms with Gasteiger partial charge < -0.3 is 14.4 Å². The van der Waals surface area contributed by atoms with Crippen LogP contribution in [0.25, 0.3) is 0 Å². The average molecular weight is 374 g/mol. The Bertz CT molecular complexity index is 655. The van der Waals surface area contributed by atoms with Gasteiger partial charge in [0.25, 0.3) is 0 Å². The van der Waals surface area contributed by atoms with Crippen LogP contribution >= 0.6 is 27.5 Å². The van der Waals surface area contributed by atoms with E-state index in [0.29, 0.717) is 21.9 Å². The minimum Gasteiger partial charge on any atom is -0.464 e. The van der Waals surface area contributed by atoms with Crippen molar-refractivity contribution < 1.29 is 14.6 Å². The number of carbonyl (C=O) groups excluding carboxylic acids is 1. The van der Waals surface area contributed by atoms with Gasteiger partial charge in [-0.2, -0.15) is 0 Å². The first-order chi connectivity index (χ1) is 9.99. The summed E-state index contributed by atoms with van der Waals surface area (Å²) in [5.41, 5.74) is 1.07. The summed E-state index contributed by atoms with van der Waals surface area (Å²) >= 11 is 9.13. The van der Waals surface area contributed by atoms with Crippen molar-refractivity contribution in [2.75, 3.05) is 7.11 Å². The van der Waals surface area contributed by atoms with E-state index >= 15 is 0 Å². The molecule has 0 bridgehead atoms. The molecule has 0 fully saturated rings. The fourth-order valence-electron chi connectivity index (χ4n) is 2.04. The van der Waals surface area contributed by atoms with Crippen LogP contribution < -0.4 is 0 Å². The van der Waals surface area contributed by atoms with Crippen LogP contribution in [0.5, 0.6) is 0 Å². The predicted molar refractivity (Wildman–Crippen MR) is 82.5 cm³/mol. The normalized spacial score (nSPS) is 12.2. The van der Waals surface area contributed by atoms with Crippen LogP contribution in [0.15, 0.2) is 29.0 Å². The second-order valence-electron chi connectivity index (χ2n) is 4.30. The lowest BCUT2D eigenvalue weighted by Gasteiger charge is -2.11. The van der Waals surface area contributed by atoms with Crippen molar-refractivity contribution in [3.63, 3.8) is 0 Å². The highest BCUT2D eigenvalue weighted by Crippen LogP contribution is 2.28. The van der Waals surface area contributed by atoms with E-state index in [-0.39, 0.29) is 11.4 Å². The predicted octanol–water partition coefficient (Wildman–Crippen LogP) is 3.19. The maximum atomic E-state index is 12.0. The van der Waals surface area contributed by atoms with Crippen LogP contribution in [0.4, 0.5) is 0 Å². The van der Waals surface area contributed by atoms with Gasteiger partial charge in [-0.3, -0.25) is 0 Å². The molecule has 21 heavy (non-hydrogen) atoms. The molecular weight excluding hydrogens is 360 g/mol. The molecule has 0 saturated heterocycles. The van der Waals surface area contributed by atoms with E-state index in [2.05, 4.69) is 20.9 Å². The third kappa shape index (κ3) is 3.12. The van der Waals surface area contributed by atoms with Crippen LogP contribution in [0.2, 0.25) is 5.02 Å². The lowest BCUT2D eigenvalue weighted by atomic mass is 10.1. The van der Waals surface area contributed by atoms with E-state index in [4.69, 9.17) is 16.3 Å². The molecule has 0 aliphatic rings. The van der Waals surface area contributed by atoms with E-state index in [1.165, 1.54) is 7.11 Å². The molecule has 1 aromatic carbocycles. The minimum absolute atomic E-state index is 0.231. The van der Waals surface area contributed by atoms with Gasteiger partial charge in [0.2, 0.25) is 0 Å².